The van der Waals surface area contributed by atoms with E-state index in [0.29, 0.717) is 12.8 Å². The molecule has 4 heteroatoms. The standard InChI is InChI=1S/C5H13NO3/c1-5(8,6-9)3-2-4-7/h6-9H,2-4H2,1H3. The molecule has 0 aromatic carbocycles. The normalized spacial score (nSPS) is 17.3. The highest BCUT2D eigenvalue weighted by Gasteiger charge is 2.16. The van der Waals surface area contributed by atoms with Gasteiger partial charge in [0.2, 0.25) is 0 Å². The van der Waals surface area contributed by atoms with Crippen LogP contribution in [0.2, 0.25) is 0 Å². The molecule has 0 amide bonds. The van der Waals surface area contributed by atoms with E-state index in [0.717, 1.165) is 0 Å². The summed E-state index contributed by atoms with van der Waals surface area (Å²) in [6, 6.07) is 0. The second kappa shape index (κ2) is 3.79. The van der Waals surface area contributed by atoms with E-state index in [9.17, 15) is 0 Å². The minimum absolute atomic E-state index is 0.0256. The van der Waals surface area contributed by atoms with Crippen LogP contribution in [0.5, 0.6) is 0 Å². The average Bonchev–Trinajstić information content (AvgIpc) is 1.84. The van der Waals surface area contributed by atoms with Gasteiger partial charge in [0.1, 0.15) is 5.72 Å². The average molecular weight is 135 g/mol. The summed E-state index contributed by atoms with van der Waals surface area (Å²) in [5.74, 6) is 0. The predicted octanol–water partition coefficient (Wildman–Crippen LogP) is -0.554. The first-order valence-corrected chi connectivity index (χ1v) is 2.87. The van der Waals surface area contributed by atoms with Crippen molar-refractivity contribution in [3.63, 3.8) is 0 Å². The Morgan fingerprint density at radius 2 is 2.11 bits per heavy atom. The zero-order valence-electron chi connectivity index (χ0n) is 5.46. The zero-order chi connectivity index (χ0) is 7.33. The highest BCUT2D eigenvalue weighted by atomic mass is 16.5. The predicted molar refractivity (Wildman–Crippen MR) is 31.9 cm³/mol. The number of hydrogen-bond donors (Lipinski definition) is 4. The van der Waals surface area contributed by atoms with Gasteiger partial charge in [-0.3, -0.25) is 0 Å². The summed E-state index contributed by atoms with van der Waals surface area (Å²) in [7, 11) is 0. The molecule has 0 aliphatic heterocycles. The Balaban J connectivity index is 3.33. The topological polar surface area (TPSA) is 72.7 Å². The van der Waals surface area contributed by atoms with Crippen LogP contribution < -0.4 is 5.48 Å². The molecular weight excluding hydrogens is 122 g/mol. The molecule has 0 aliphatic rings. The van der Waals surface area contributed by atoms with Crippen LogP contribution in [0.25, 0.3) is 0 Å². The van der Waals surface area contributed by atoms with Gasteiger partial charge >= 0.3 is 0 Å². The molecule has 9 heavy (non-hydrogen) atoms. The van der Waals surface area contributed by atoms with Crippen molar-refractivity contribution in [1.82, 2.24) is 5.48 Å². The van der Waals surface area contributed by atoms with E-state index in [2.05, 4.69) is 0 Å². The molecule has 1 unspecified atom stereocenters. The SMILES string of the molecule is CC(O)(CCCO)NO. The smallest absolute Gasteiger partial charge is 0.134 e. The summed E-state index contributed by atoms with van der Waals surface area (Å²) in [6.07, 6.45) is 0.806. The lowest BCUT2D eigenvalue weighted by Crippen LogP contribution is -2.39. The Hall–Kier alpha value is -0.160. The van der Waals surface area contributed by atoms with Crippen LogP contribution in [0.4, 0.5) is 0 Å². The lowest BCUT2D eigenvalue weighted by atomic mass is 10.1. The van der Waals surface area contributed by atoms with Gasteiger partial charge in [-0.05, 0) is 19.8 Å². The second-order valence-electron chi connectivity index (χ2n) is 2.21. The van der Waals surface area contributed by atoms with Crippen molar-refractivity contribution in [2.75, 3.05) is 6.61 Å². The van der Waals surface area contributed by atoms with Gasteiger partial charge in [0.05, 0.1) is 0 Å². The van der Waals surface area contributed by atoms with Gasteiger partial charge < -0.3 is 15.4 Å². The van der Waals surface area contributed by atoms with Crippen LogP contribution in [-0.2, 0) is 0 Å². The van der Waals surface area contributed by atoms with E-state index in [1.54, 1.807) is 5.48 Å². The summed E-state index contributed by atoms with van der Waals surface area (Å²) in [4.78, 5) is 0. The Bertz CT molecular complexity index is 74.6. The molecule has 0 saturated heterocycles. The van der Waals surface area contributed by atoms with Crippen LogP contribution in [0.1, 0.15) is 19.8 Å². The van der Waals surface area contributed by atoms with Crippen LogP contribution in [0, 0.1) is 0 Å². The van der Waals surface area contributed by atoms with Gasteiger partial charge in [0, 0.05) is 6.61 Å². The van der Waals surface area contributed by atoms with Crippen LogP contribution in [0.3, 0.4) is 0 Å². The molecule has 0 fully saturated rings. The van der Waals surface area contributed by atoms with Gasteiger partial charge in [-0.1, -0.05) is 0 Å². The van der Waals surface area contributed by atoms with Crippen molar-refractivity contribution >= 4 is 0 Å². The molecule has 1 atom stereocenters. The first kappa shape index (κ1) is 8.84. The maximum absolute atomic E-state index is 8.98. The lowest BCUT2D eigenvalue weighted by molar-refractivity contribution is -0.0871. The van der Waals surface area contributed by atoms with Gasteiger partial charge in [0.25, 0.3) is 0 Å². The third-order valence-electron chi connectivity index (χ3n) is 1.06. The van der Waals surface area contributed by atoms with Crippen LogP contribution >= 0.6 is 0 Å². The third kappa shape index (κ3) is 4.35. The summed E-state index contributed by atoms with van der Waals surface area (Å²) in [5.41, 5.74) is 0.459. The molecule has 0 rings (SSSR count). The molecule has 0 heterocycles. The molecule has 4 N–H and O–H groups in total. The van der Waals surface area contributed by atoms with Gasteiger partial charge in [0.15, 0.2) is 0 Å². The Kier molecular flexibility index (Phi) is 3.72. The zero-order valence-corrected chi connectivity index (χ0v) is 5.46. The van der Waals surface area contributed by atoms with Crippen molar-refractivity contribution in [1.29, 1.82) is 0 Å². The summed E-state index contributed by atoms with van der Waals surface area (Å²) >= 11 is 0. The van der Waals surface area contributed by atoms with Crippen LogP contribution in [-0.4, -0.2) is 27.8 Å². The van der Waals surface area contributed by atoms with Crippen molar-refractivity contribution in [3.8, 4) is 0 Å². The van der Waals surface area contributed by atoms with E-state index >= 15 is 0 Å². The number of rotatable bonds is 4. The molecular formula is C5H13NO3. The second-order valence-corrected chi connectivity index (χ2v) is 2.21. The minimum atomic E-state index is -1.26. The Morgan fingerprint density at radius 3 is 2.44 bits per heavy atom. The molecule has 0 saturated carbocycles. The molecule has 0 aromatic rings. The summed E-state index contributed by atoms with van der Waals surface area (Å²) < 4.78 is 0. The van der Waals surface area contributed by atoms with E-state index < -0.39 is 5.72 Å². The maximum atomic E-state index is 8.98. The molecule has 0 aromatic heterocycles. The largest absolute Gasteiger partial charge is 0.396 e. The Morgan fingerprint density at radius 1 is 1.56 bits per heavy atom. The van der Waals surface area contributed by atoms with E-state index in [1.165, 1.54) is 6.92 Å². The highest BCUT2D eigenvalue weighted by Crippen LogP contribution is 2.05. The first-order chi connectivity index (χ1) is 4.12. The fraction of sp³-hybridized carbons (Fsp3) is 1.00. The van der Waals surface area contributed by atoms with Gasteiger partial charge in [-0.25, -0.2) is 0 Å². The quantitative estimate of drug-likeness (QED) is 0.308. The van der Waals surface area contributed by atoms with E-state index in [4.69, 9.17) is 15.4 Å². The molecule has 4 nitrogen and oxygen atoms in total. The highest BCUT2D eigenvalue weighted by molar-refractivity contribution is 4.62. The van der Waals surface area contributed by atoms with Gasteiger partial charge in [-0.2, -0.15) is 5.48 Å². The van der Waals surface area contributed by atoms with Crippen LogP contribution in [0.15, 0.2) is 0 Å². The maximum Gasteiger partial charge on any atom is 0.134 e. The van der Waals surface area contributed by atoms with Crippen molar-refractivity contribution in [2.24, 2.45) is 0 Å². The van der Waals surface area contributed by atoms with Crippen molar-refractivity contribution in [3.05, 3.63) is 0 Å². The van der Waals surface area contributed by atoms with E-state index in [-0.39, 0.29) is 6.61 Å². The molecule has 0 spiro atoms. The first-order valence-electron chi connectivity index (χ1n) is 2.87. The van der Waals surface area contributed by atoms with E-state index in [1.807, 2.05) is 0 Å². The number of hydroxylamine groups is 1. The van der Waals surface area contributed by atoms with Crippen molar-refractivity contribution < 1.29 is 15.4 Å². The number of hydrogen-bond acceptors (Lipinski definition) is 4. The third-order valence-corrected chi connectivity index (χ3v) is 1.06. The fourth-order valence-electron chi connectivity index (χ4n) is 0.479. The Labute approximate surface area is 54.1 Å². The number of aliphatic hydroxyl groups excluding tert-OH is 1. The molecule has 0 aliphatic carbocycles. The lowest BCUT2D eigenvalue weighted by Gasteiger charge is -2.19. The van der Waals surface area contributed by atoms with Gasteiger partial charge in [-0.15, -0.1) is 0 Å². The number of nitrogens with one attached hydrogen (secondary N) is 1. The fourth-order valence-corrected chi connectivity index (χ4v) is 0.479. The molecule has 0 bridgehead atoms. The summed E-state index contributed by atoms with van der Waals surface area (Å²) in [5, 5.41) is 25.5. The molecule has 56 valence electrons. The number of aliphatic hydroxyl groups is 2. The monoisotopic (exact) mass is 135 g/mol. The molecule has 0 radical (unpaired) electrons. The summed E-state index contributed by atoms with van der Waals surface area (Å²) in [6.45, 7) is 1.46. The minimum Gasteiger partial charge on any atom is -0.396 e. The van der Waals surface area contributed by atoms with Crippen molar-refractivity contribution in [2.45, 2.75) is 25.5 Å².